The summed E-state index contributed by atoms with van der Waals surface area (Å²) in [5.74, 6) is 0. The van der Waals surface area contributed by atoms with Crippen molar-refractivity contribution < 1.29 is 24.7 Å². The van der Waals surface area contributed by atoms with E-state index in [-0.39, 0.29) is 5.48 Å². The van der Waals surface area contributed by atoms with Crippen LogP contribution in [0.1, 0.15) is 25.7 Å². The maximum Gasteiger partial charge on any atom is 0.466 e. The number of nitrogens with one attached hydrogen (secondary N) is 2. The van der Waals surface area contributed by atoms with Crippen molar-refractivity contribution in [1.29, 1.82) is 0 Å². The standard InChI is InChI=1S/C10H26N4.H3O4P.H2O/c11-5-3-9-13-7-1-2-8-14-10-4-6-12;1-5(2,3)4;/h13-14H,1-12H2;(H3,1,2,3,4);1H2. The van der Waals surface area contributed by atoms with Crippen molar-refractivity contribution in [3.8, 4) is 0 Å². The molecule has 126 valence electrons. The van der Waals surface area contributed by atoms with Gasteiger partial charge in [0, 0.05) is 0 Å². The Bertz CT molecular complexity index is 198. The molecule has 9 nitrogen and oxygen atoms in total. The molecule has 0 aromatic rings. The molecule has 0 aromatic carbocycles. The van der Waals surface area contributed by atoms with Crippen molar-refractivity contribution in [1.82, 2.24) is 10.6 Å². The Morgan fingerprint density at radius 1 is 0.750 bits per heavy atom. The molecule has 0 aliphatic rings. The van der Waals surface area contributed by atoms with Gasteiger partial charge >= 0.3 is 7.82 Å². The highest BCUT2D eigenvalue weighted by Crippen LogP contribution is 2.25. The zero-order chi connectivity index (χ0) is 15.0. The van der Waals surface area contributed by atoms with Gasteiger partial charge in [-0.15, -0.1) is 0 Å². The largest absolute Gasteiger partial charge is 0.466 e. The van der Waals surface area contributed by atoms with E-state index in [4.69, 9.17) is 30.7 Å². The lowest BCUT2D eigenvalue weighted by atomic mass is 10.3. The first kappa shape index (κ1) is 24.9. The van der Waals surface area contributed by atoms with Crippen LogP contribution in [0.3, 0.4) is 0 Å². The molecule has 10 heteroatoms. The Morgan fingerprint density at radius 3 is 1.25 bits per heavy atom. The molecular formula is C10H31N4O5P. The summed E-state index contributed by atoms with van der Waals surface area (Å²) in [6.07, 6.45) is 4.63. The quantitative estimate of drug-likeness (QED) is 0.166. The summed E-state index contributed by atoms with van der Waals surface area (Å²) >= 11 is 0. The number of hydrogen-bond acceptors (Lipinski definition) is 5. The third kappa shape index (κ3) is 43.0. The van der Waals surface area contributed by atoms with Crippen LogP contribution in [0.15, 0.2) is 0 Å². The summed E-state index contributed by atoms with van der Waals surface area (Å²) in [5.41, 5.74) is 10.8. The number of nitrogens with two attached hydrogens (primary N) is 2. The van der Waals surface area contributed by atoms with Crippen LogP contribution >= 0.6 is 7.82 Å². The van der Waals surface area contributed by atoms with Crippen LogP contribution in [0.4, 0.5) is 0 Å². The molecule has 20 heavy (non-hydrogen) atoms. The third-order valence-electron chi connectivity index (χ3n) is 2.07. The van der Waals surface area contributed by atoms with Gasteiger partial charge in [0.2, 0.25) is 0 Å². The lowest BCUT2D eigenvalue weighted by molar-refractivity contribution is 0.275. The van der Waals surface area contributed by atoms with Crippen LogP contribution < -0.4 is 22.1 Å². The minimum Gasteiger partial charge on any atom is -0.412 e. The normalized spacial score (nSPS) is 10.4. The molecule has 0 aromatic heterocycles. The van der Waals surface area contributed by atoms with Crippen molar-refractivity contribution in [3.63, 3.8) is 0 Å². The van der Waals surface area contributed by atoms with E-state index in [2.05, 4.69) is 10.6 Å². The summed E-state index contributed by atoms with van der Waals surface area (Å²) in [6, 6.07) is 0. The molecule has 0 amide bonds. The molecule has 0 atom stereocenters. The average Bonchev–Trinajstić information content (AvgIpc) is 2.29. The summed E-state index contributed by atoms with van der Waals surface area (Å²) in [6.45, 7) is 5.90. The Hall–Kier alpha value is -0.0900. The summed E-state index contributed by atoms with van der Waals surface area (Å²) in [5, 5.41) is 6.72. The Morgan fingerprint density at radius 2 is 1.00 bits per heavy atom. The molecule has 0 radical (unpaired) electrons. The second kappa shape index (κ2) is 18.9. The molecular weight excluding hydrogens is 287 g/mol. The topological polar surface area (TPSA) is 185 Å². The van der Waals surface area contributed by atoms with E-state index in [0.29, 0.717) is 0 Å². The zero-order valence-corrected chi connectivity index (χ0v) is 12.8. The molecule has 0 aliphatic heterocycles. The predicted octanol–water partition coefficient (Wildman–Crippen LogP) is -2.11. The highest BCUT2D eigenvalue weighted by atomic mass is 31.2. The van der Waals surface area contributed by atoms with Gasteiger partial charge in [0.1, 0.15) is 0 Å². The van der Waals surface area contributed by atoms with Gasteiger partial charge in [0.05, 0.1) is 0 Å². The van der Waals surface area contributed by atoms with Gasteiger partial charge in [0.15, 0.2) is 0 Å². The molecule has 0 spiro atoms. The van der Waals surface area contributed by atoms with Gasteiger partial charge in [-0.25, -0.2) is 4.57 Å². The zero-order valence-electron chi connectivity index (χ0n) is 11.9. The molecule has 0 aliphatic carbocycles. The van der Waals surface area contributed by atoms with Crippen molar-refractivity contribution in [2.45, 2.75) is 25.7 Å². The van der Waals surface area contributed by atoms with Crippen molar-refractivity contribution in [3.05, 3.63) is 0 Å². The molecule has 0 saturated heterocycles. The number of rotatable bonds is 11. The minimum absolute atomic E-state index is 0. The minimum atomic E-state index is -4.64. The number of unbranched alkanes of at least 4 members (excludes halogenated alkanes) is 1. The maximum absolute atomic E-state index is 8.88. The highest BCUT2D eigenvalue weighted by Gasteiger charge is 2.00. The molecule has 0 heterocycles. The van der Waals surface area contributed by atoms with E-state index in [1.165, 1.54) is 12.8 Å². The van der Waals surface area contributed by atoms with Gasteiger partial charge in [-0.3, -0.25) is 0 Å². The number of phosphoric acid groups is 1. The summed E-state index contributed by atoms with van der Waals surface area (Å²) in [7, 11) is -4.64. The predicted molar refractivity (Wildman–Crippen MR) is 80.2 cm³/mol. The van der Waals surface area contributed by atoms with Crippen LogP contribution in [-0.4, -0.2) is 59.4 Å². The van der Waals surface area contributed by atoms with E-state index in [1.807, 2.05) is 0 Å². The Kier molecular flexibility index (Phi) is 23.5. The third-order valence-corrected chi connectivity index (χ3v) is 2.07. The Balaban J connectivity index is -0.000000414. The van der Waals surface area contributed by atoms with E-state index < -0.39 is 7.82 Å². The first-order valence-electron chi connectivity index (χ1n) is 6.51. The molecule has 0 bridgehead atoms. The van der Waals surface area contributed by atoms with Gasteiger partial charge in [-0.05, 0) is 65.0 Å². The molecule has 0 rings (SSSR count). The van der Waals surface area contributed by atoms with E-state index in [0.717, 1.165) is 52.1 Å². The van der Waals surface area contributed by atoms with E-state index >= 15 is 0 Å². The Labute approximate surface area is 120 Å². The lowest BCUT2D eigenvalue weighted by Gasteiger charge is -2.04. The molecule has 0 saturated carbocycles. The fourth-order valence-corrected chi connectivity index (χ4v) is 1.20. The second-order valence-electron chi connectivity index (χ2n) is 4.00. The highest BCUT2D eigenvalue weighted by molar-refractivity contribution is 7.45. The van der Waals surface area contributed by atoms with Crippen LogP contribution in [0, 0.1) is 0 Å². The fourth-order valence-electron chi connectivity index (χ4n) is 1.20. The van der Waals surface area contributed by atoms with Crippen LogP contribution in [0.25, 0.3) is 0 Å². The van der Waals surface area contributed by atoms with E-state index in [1.54, 1.807) is 0 Å². The molecule has 0 fully saturated rings. The SMILES string of the molecule is NCCCNCCCCNCCCN.O.O=P(O)(O)O. The van der Waals surface area contributed by atoms with Crippen LogP contribution in [-0.2, 0) is 4.57 Å². The second-order valence-corrected chi connectivity index (χ2v) is 5.03. The molecule has 0 unspecified atom stereocenters. The monoisotopic (exact) mass is 318 g/mol. The van der Waals surface area contributed by atoms with Gasteiger partial charge in [-0.2, -0.15) is 0 Å². The summed E-state index contributed by atoms with van der Waals surface area (Å²) in [4.78, 5) is 21.6. The van der Waals surface area contributed by atoms with Gasteiger partial charge in [0.25, 0.3) is 0 Å². The van der Waals surface area contributed by atoms with Crippen molar-refractivity contribution in [2.24, 2.45) is 11.5 Å². The first-order valence-corrected chi connectivity index (χ1v) is 8.08. The summed E-state index contributed by atoms with van der Waals surface area (Å²) < 4.78 is 8.88. The van der Waals surface area contributed by atoms with Crippen molar-refractivity contribution >= 4 is 7.82 Å². The average molecular weight is 318 g/mol. The number of hydrogen-bond donors (Lipinski definition) is 7. The van der Waals surface area contributed by atoms with Gasteiger partial charge in [-0.1, -0.05) is 0 Å². The van der Waals surface area contributed by atoms with E-state index in [9.17, 15) is 0 Å². The van der Waals surface area contributed by atoms with Gasteiger partial charge < -0.3 is 42.3 Å². The fraction of sp³-hybridized carbons (Fsp3) is 1.00. The first-order chi connectivity index (χ1) is 8.91. The van der Waals surface area contributed by atoms with Crippen LogP contribution in [0.2, 0.25) is 0 Å². The van der Waals surface area contributed by atoms with Crippen LogP contribution in [0.5, 0.6) is 0 Å². The van der Waals surface area contributed by atoms with Crippen molar-refractivity contribution in [2.75, 3.05) is 39.3 Å². The maximum atomic E-state index is 8.88. The smallest absolute Gasteiger partial charge is 0.412 e. The molecule has 11 N–H and O–H groups in total. The lowest BCUT2D eigenvalue weighted by Crippen LogP contribution is -2.22.